The van der Waals surface area contributed by atoms with Gasteiger partial charge in [0.1, 0.15) is 0 Å². The van der Waals surface area contributed by atoms with Crippen molar-refractivity contribution in [3.8, 4) is 0 Å². The van der Waals surface area contributed by atoms with E-state index in [-0.39, 0.29) is 0 Å². The molecule has 1 saturated carbocycles. The molecule has 1 heterocycles. The number of rotatable bonds is 5. The van der Waals surface area contributed by atoms with Crippen molar-refractivity contribution in [3.63, 3.8) is 0 Å². The minimum atomic E-state index is 0.529. The molecule has 0 spiro atoms. The minimum absolute atomic E-state index is 0.529. The molecular formula is C14H25N3. The molecule has 1 aliphatic rings. The highest BCUT2D eigenvalue weighted by molar-refractivity contribution is 4.83. The zero-order valence-electron chi connectivity index (χ0n) is 11.1. The predicted molar refractivity (Wildman–Crippen MR) is 70.9 cm³/mol. The quantitative estimate of drug-likeness (QED) is 0.850. The first kappa shape index (κ1) is 12.6. The van der Waals surface area contributed by atoms with Gasteiger partial charge in [0.2, 0.25) is 0 Å². The molecule has 1 aromatic heterocycles. The monoisotopic (exact) mass is 235 g/mol. The fourth-order valence-electron chi connectivity index (χ4n) is 3.04. The van der Waals surface area contributed by atoms with E-state index >= 15 is 0 Å². The van der Waals surface area contributed by atoms with Crippen LogP contribution in [0.1, 0.15) is 46.0 Å². The second-order valence-corrected chi connectivity index (χ2v) is 5.39. The van der Waals surface area contributed by atoms with E-state index in [0.29, 0.717) is 6.04 Å². The average molecular weight is 235 g/mol. The number of hydrogen-bond donors (Lipinski definition) is 1. The molecule has 3 nitrogen and oxygen atoms in total. The third-order valence-electron chi connectivity index (χ3n) is 3.98. The Morgan fingerprint density at radius 1 is 1.41 bits per heavy atom. The summed E-state index contributed by atoms with van der Waals surface area (Å²) in [5, 5.41) is 3.81. The SMILES string of the molecule is CCC1CCCCC1NC(C)Cn1ccnc1. The zero-order valence-corrected chi connectivity index (χ0v) is 11.1. The maximum absolute atomic E-state index is 4.09. The Kier molecular flexibility index (Phi) is 4.60. The van der Waals surface area contributed by atoms with E-state index in [1.165, 1.54) is 32.1 Å². The highest BCUT2D eigenvalue weighted by atomic mass is 15.1. The molecule has 0 aromatic carbocycles. The minimum Gasteiger partial charge on any atom is -0.336 e. The lowest BCUT2D eigenvalue weighted by atomic mass is 9.82. The molecule has 3 unspecified atom stereocenters. The molecule has 0 amide bonds. The fourth-order valence-corrected chi connectivity index (χ4v) is 3.04. The van der Waals surface area contributed by atoms with Gasteiger partial charge in [-0.15, -0.1) is 0 Å². The van der Waals surface area contributed by atoms with Crippen LogP contribution >= 0.6 is 0 Å². The van der Waals surface area contributed by atoms with Crippen molar-refractivity contribution in [1.82, 2.24) is 14.9 Å². The largest absolute Gasteiger partial charge is 0.336 e. The average Bonchev–Trinajstić information content (AvgIpc) is 2.82. The lowest BCUT2D eigenvalue weighted by Gasteiger charge is -2.34. The molecule has 96 valence electrons. The molecule has 1 aromatic rings. The van der Waals surface area contributed by atoms with Gasteiger partial charge in [-0.2, -0.15) is 0 Å². The maximum Gasteiger partial charge on any atom is 0.0946 e. The molecule has 0 bridgehead atoms. The van der Waals surface area contributed by atoms with Crippen molar-refractivity contribution < 1.29 is 0 Å². The second-order valence-electron chi connectivity index (χ2n) is 5.39. The van der Waals surface area contributed by atoms with E-state index in [9.17, 15) is 0 Å². The van der Waals surface area contributed by atoms with Gasteiger partial charge in [0.15, 0.2) is 0 Å². The van der Waals surface area contributed by atoms with Gasteiger partial charge in [-0.3, -0.25) is 0 Å². The first-order valence-corrected chi connectivity index (χ1v) is 7.01. The Bertz CT molecular complexity index is 307. The van der Waals surface area contributed by atoms with Gasteiger partial charge in [0.05, 0.1) is 6.33 Å². The highest BCUT2D eigenvalue weighted by Gasteiger charge is 2.24. The lowest BCUT2D eigenvalue weighted by Crippen LogP contribution is -2.44. The molecule has 1 fully saturated rings. The van der Waals surface area contributed by atoms with Gasteiger partial charge in [0, 0.05) is 31.0 Å². The summed E-state index contributed by atoms with van der Waals surface area (Å²) in [6, 6.07) is 1.26. The van der Waals surface area contributed by atoms with Gasteiger partial charge >= 0.3 is 0 Å². The molecule has 0 saturated heterocycles. The van der Waals surface area contributed by atoms with Crippen molar-refractivity contribution >= 4 is 0 Å². The normalized spacial score (nSPS) is 26.9. The third kappa shape index (κ3) is 3.56. The van der Waals surface area contributed by atoms with Gasteiger partial charge in [-0.1, -0.05) is 26.2 Å². The van der Waals surface area contributed by atoms with E-state index in [2.05, 4.69) is 28.7 Å². The van der Waals surface area contributed by atoms with Crippen LogP contribution in [0.15, 0.2) is 18.7 Å². The molecule has 3 heteroatoms. The smallest absolute Gasteiger partial charge is 0.0946 e. The summed E-state index contributed by atoms with van der Waals surface area (Å²) in [6.07, 6.45) is 12.7. The van der Waals surface area contributed by atoms with Crippen LogP contribution in [0.25, 0.3) is 0 Å². The van der Waals surface area contributed by atoms with Crippen molar-refractivity contribution in [3.05, 3.63) is 18.7 Å². The van der Waals surface area contributed by atoms with Gasteiger partial charge < -0.3 is 9.88 Å². The highest BCUT2D eigenvalue weighted by Crippen LogP contribution is 2.27. The molecule has 17 heavy (non-hydrogen) atoms. The summed E-state index contributed by atoms with van der Waals surface area (Å²) in [7, 11) is 0. The first-order valence-electron chi connectivity index (χ1n) is 7.01. The Morgan fingerprint density at radius 3 is 2.94 bits per heavy atom. The Hall–Kier alpha value is -0.830. The first-order chi connectivity index (χ1) is 8.29. The summed E-state index contributed by atoms with van der Waals surface area (Å²) in [4.78, 5) is 4.09. The molecule has 1 N–H and O–H groups in total. The van der Waals surface area contributed by atoms with E-state index in [4.69, 9.17) is 0 Å². The number of nitrogens with one attached hydrogen (secondary N) is 1. The van der Waals surface area contributed by atoms with Crippen molar-refractivity contribution in [2.75, 3.05) is 0 Å². The van der Waals surface area contributed by atoms with Crippen molar-refractivity contribution in [2.45, 2.75) is 64.6 Å². The van der Waals surface area contributed by atoms with Gasteiger partial charge in [0.25, 0.3) is 0 Å². The topological polar surface area (TPSA) is 29.9 Å². The summed E-state index contributed by atoms with van der Waals surface area (Å²) in [5.74, 6) is 0.883. The van der Waals surface area contributed by atoms with Crippen LogP contribution in [0.4, 0.5) is 0 Å². The molecule has 2 rings (SSSR count). The standard InChI is InChI=1S/C14H25N3/c1-3-13-6-4-5-7-14(13)16-12(2)10-17-9-8-15-11-17/h8-9,11-14,16H,3-7,10H2,1-2H3. The van der Waals surface area contributed by atoms with E-state index in [1.807, 2.05) is 18.7 Å². The van der Waals surface area contributed by atoms with Gasteiger partial charge in [-0.25, -0.2) is 4.98 Å². The Morgan fingerprint density at radius 2 is 2.24 bits per heavy atom. The van der Waals surface area contributed by atoms with Crippen LogP contribution in [-0.4, -0.2) is 21.6 Å². The van der Waals surface area contributed by atoms with Crippen LogP contribution in [0.2, 0.25) is 0 Å². The molecule has 0 aliphatic heterocycles. The number of aromatic nitrogens is 2. The summed E-state index contributed by atoms with van der Waals surface area (Å²) >= 11 is 0. The number of hydrogen-bond acceptors (Lipinski definition) is 2. The summed E-state index contributed by atoms with van der Waals surface area (Å²) in [6.45, 7) is 5.62. The maximum atomic E-state index is 4.09. The van der Waals surface area contributed by atoms with Crippen molar-refractivity contribution in [2.24, 2.45) is 5.92 Å². The lowest BCUT2D eigenvalue weighted by molar-refractivity contribution is 0.234. The molecular weight excluding hydrogens is 210 g/mol. The van der Waals surface area contributed by atoms with Crippen LogP contribution < -0.4 is 5.32 Å². The number of imidazole rings is 1. The third-order valence-corrected chi connectivity index (χ3v) is 3.98. The van der Waals surface area contributed by atoms with Crippen LogP contribution in [0.5, 0.6) is 0 Å². The van der Waals surface area contributed by atoms with Crippen molar-refractivity contribution in [1.29, 1.82) is 0 Å². The molecule has 0 radical (unpaired) electrons. The van der Waals surface area contributed by atoms with Crippen LogP contribution in [0, 0.1) is 5.92 Å². The van der Waals surface area contributed by atoms with E-state index in [1.54, 1.807) is 0 Å². The fraction of sp³-hybridized carbons (Fsp3) is 0.786. The molecule has 1 aliphatic carbocycles. The van der Waals surface area contributed by atoms with E-state index in [0.717, 1.165) is 18.5 Å². The second kappa shape index (κ2) is 6.20. The number of nitrogens with zero attached hydrogens (tertiary/aromatic N) is 2. The Balaban J connectivity index is 1.82. The summed E-state index contributed by atoms with van der Waals surface area (Å²) in [5.41, 5.74) is 0. The molecule has 3 atom stereocenters. The predicted octanol–water partition coefficient (Wildman–Crippen LogP) is 2.83. The van der Waals surface area contributed by atoms with Gasteiger partial charge in [-0.05, 0) is 25.7 Å². The van der Waals surface area contributed by atoms with E-state index < -0.39 is 0 Å². The summed E-state index contributed by atoms with van der Waals surface area (Å²) < 4.78 is 2.15. The van der Waals surface area contributed by atoms with Crippen LogP contribution in [0.3, 0.4) is 0 Å². The van der Waals surface area contributed by atoms with Crippen LogP contribution in [-0.2, 0) is 6.54 Å². The Labute approximate surface area is 105 Å². The zero-order chi connectivity index (χ0) is 12.1.